The fourth-order valence-corrected chi connectivity index (χ4v) is 2.32. The molecule has 0 aliphatic carbocycles. The van der Waals surface area contributed by atoms with Crippen LogP contribution >= 0.6 is 0 Å². The lowest BCUT2D eigenvalue weighted by molar-refractivity contribution is -0.136. The van der Waals surface area contributed by atoms with Crippen LogP contribution in [0.4, 0.5) is 10.5 Å². The number of anilines is 1. The number of hydrogen-bond acceptors (Lipinski definition) is 3. The van der Waals surface area contributed by atoms with Crippen molar-refractivity contribution in [3.63, 3.8) is 0 Å². The van der Waals surface area contributed by atoms with E-state index < -0.39 is 5.97 Å². The number of rotatable bonds is 4. The monoisotopic (exact) mass is 278 g/mol. The van der Waals surface area contributed by atoms with E-state index in [2.05, 4.69) is 5.32 Å². The van der Waals surface area contributed by atoms with Crippen LogP contribution in [-0.4, -0.2) is 46.8 Å². The van der Waals surface area contributed by atoms with Crippen molar-refractivity contribution in [2.75, 3.05) is 25.0 Å². The van der Waals surface area contributed by atoms with Crippen LogP contribution < -0.4 is 5.32 Å². The zero-order valence-electron chi connectivity index (χ0n) is 11.1. The van der Waals surface area contributed by atoms with Gasteiger partial charge in [0.1, 0.15) is 0 Å². The molecule has 1 unspecified atom stereocenters. The van der Waals surface area contributed by atoms with E-state index in [1.165, 1.54) is 0 Å². The van der Waals surface area contributed by atoms with Gasteiger partial charge in [0, 0.05) is 31.3 Å². The van der Waals surface area contributed by atoms with Gasteiger partial charge in [-0.15, -0.1) is 0 Å². The van der Waals surface area contributed by atoms with Crippen molar-refractivity contribution in [1.82, 2.24) is 4.90 Å². The summed E-state index contributed by atoms with van der Waals surface area (Å²) in [5.74, 6) is -0.803. The zero-order chi connectivity index (χ0) is 14.5. The van der Waals surface area contributed by atoms with Gasteiger partial charge in [-0.1, -0.05) is 18.2 Å². The quantitative estimate of drug-likeness (QED) is 0.771. The number of aliphatic hydroxyl groups excluding tert-OH is 1. The third-order valence-electron chi connectivity index (χ3n) is 3.43. The Morgan fingerprint density at radius 2 is 2.10 bits per heavy atom. The first-order chi connectivity index (χ1) is 9.60. The summed E-state index contributed by atoms with van der Waals surface area (Å²) in [4.78, 5) is 24.5. The van der Waals surface area contributed by atoms with E-state index in [4.69, 9.17) is 10.2 Å². The van der Waals surface area contributed by atoms with E-state index in [9.17, 15) is 9.59 Å². The molecule has 2 rings (SSSR count). The first-order valence-electron chi connectivity index (χ1n) is 6.56. The molecule has 20 heavy (non-hydrogen) atoms. The number of carboxylic acid groups (broad SMARTS) is 1. The first kappa shape index (κ1) is 14.3. The zero-order valence-corrected chi connectivity index (χ0v) is 11.1. The average molecular weight is 278 g/mol. The molecule has 0 spiro atoms. The number of carbonyl (C=O) groups is 2. The molecule has 0 radical (unpaired) electrons. The van der Waals surface area contributed by atoms with Crippen LogP contribution in [0, 0.1) is 5.92 Å². The van der Waals surface area contributed by atoms with Crippen molar-refractivity contribution in [3.05, 3.63) is 29.8 Å². The van der Waals surface area contributed by atoms with Gasteiger partial charge in [0.15, 0.2) is 0 Å². The minimum Gasteiger partial charge on any atom is -0.481 e. The highest BCUT2D eigenvalue weighted by molar-refractivity contribution is 5.91. The molecule has 0 bridgehead atoms. The number of aliphatic hydroxyl groups is 1. The number of carboxylic acids is 1. The number of likely N-dealkylation sites (tertiary alicyclic amines) is 1. The molecule has 1 aliphatic heterocycles. The second kappa shape index (κ2) is 6.38. The maximum Gasteiger partial charge on any atom is 0.321 e. The summed E-state index contributed by atoms with van der Waals surface area (Å²) >= 11 is 0. The Bertz CT molecular complexity index is 504. The Labute approximate surface area is 117 Å². The SMILES string of the molecule is O=C(O)Cc1ccccc1NC(=O)N1CCC(CO)C1. The van der Waals surface area contributed by atoms with Gasteiger partial charge in [-0.05, 0) is 18.1 Å². The number of benzene rings is 1. The van der Waals surface area contributed by atoms with Crippen LogP contribution in [0.25, 0.3) is 0 Å². The van der Waals surface area contributed by atoms with Crippen molar-refractivity contribution < 1.29 is 19.8 Å². The molecule has 2 amide bonds. The molecule has 1 heterocycles. The Kier molecular flexibility index (Phi) is 4.57. The van der Waals surface area contributed by atoms with Gasteiger partial charge in [-0.2, -0.15) is 0 Å². The van der Waals surface area contributed by atoms with Crippen LogP contribution in [0.3, 0.4) is 0 Å². The highest BCUT2D eigenvalue weighted by Gasteiger charge is 2.25. The number of nitrogens with one attached hydrogen (secondary N) is 1. The second-order valence-corrected chi connectivity index (χ2v) is 4.94. The Morgan fingerprint density at radius 3 is 2.75 bits per heavy atom. The number of aliphatic carboxylic acids is 1. The standard InChI is InChI=1S/C14H18N2O4/c17-9-10-5-6-16(8-10)14(20)15-12-4-2-1-3-11(12)7-13(18)19/h1-4,10,17H,5-9H2,(H,15,20)(H,18,19). The minimum atomic E-state index is -0.937. The third kappa shape index (κ3) is 3.48. The van der Waals surface area contributed by atoms with Crippen LogP contribution in [0.5, 0.6) is 0 Å². The third-order valence-corrected chi connectivity index (χ3v) is 3.43. The Hall–Kier alpha value is -2.08. The van der Waals surface area contributed by atoms with Crippen molar-refractivity contribution in [1.29, 1.82) is 0 Å². The normalized spacial score (nSPS) is 18.1. The maximum atomic E-state index is 12.1. The summed E-state index contributed by atoms with van der Waals surface area (Å²) in [6, 6.07) is 6.62. The fourth-order valence-electron chi connectivity index (χ4n) is 2.32. The lowest BCUT2D eigenvalue weighted by atomic mass is 10.1. The predicted molar refractivity (Wildman–Crippen MR) is 73.6 cm³/mol. The number of hydrogen-bond donors (Lipinski definition) is 3. The van der Waals surface area contributed by atoms with Crippen molar-refractivity contribution >= 4 is 17.7 Å². The van der Waals surface area contributed by atoms with Crippen molar-refractivity contribution in [3.8, 4) is 0 Å². The van der Waals surface area contributed by atoms with E-state index >= 15 is 0 Å². The van der Waals surface area contributed by atoms with Crippen LogP contribution in [0.15, 0.2) is 24.3 Å². The number of nitrogens with zero attached hydrogens (tertiary/aromatic N) is 1. The molecule has 1 fully saturated rings. The number of amides is 2. The van der Waals surface area contributed by atoms with Gasteiger partial charge in [-0.3, -0.25) is 4.79 Å². The number of para-hydroxylation sites is 1. The minimum absolute atomic E-state index is 0.0827. The molecule has 0 aromatic heterocycles. The van der Waals surface area contributed by atoms with E-state index in [-0.39, 0.29) is 25.0 Å². The molecular weight excluding hydrogens is 260 g/mol. The summed E-state index contributed by atoms with van der Waals surface area (Å²) in [5.41, 5.74) is 1.10. The van der Waals surface area contributed by atoms with Gasteiger partial charge in [0.05, 0.1) is 6.42 Å². The highest BCUT2D eigenvalue weighted by atomic mass is 16.4. The molecule has 1 saturated heterocycles. The molecule has 1 aliphatic rings. The van der Waals surface area contributed by atoms with E-state index in [0.717, 1.165) is 6.42 Å². The summed E-state index contributed by atoms with van der Waals surface area (Å²) in [5, 5.41) is 20.7. The number of urea groups is 1. The van der Waals surface area contributed by atoms with Crippen LogP contribution in [0.1, 0.15) is 12.0 Å². The topological polar surface area (TPSA) is 89.9 Å². The van der Waals surface area contributed by atoms with Crippen LogP contribution in [0.2, 0.25) is 0 Å². The molecular formula is C14H18N2O4. The number of carbonyl (C=O) groups excluding carboxylic acids is 1. The molecule has 0 saturated carbocycles. The lowest BCUT2D eigenvalue weighted by Gasteiger charge is -2.18. The molecule has 108 valence electrons. The lowest BCUT2D eigenvalue weighted by Crippen LogP contribution is -2.33. The van der Waals surface area contributed by atoms with Crippen molar-refractivity contribution in [2.45, 2.75) is 12.8 Å². The van der Waals surface area contributed by atoms with Crippen LogP contribution in [-0.2, 0) is 11.2 Å². The van der Waals surface area contributed by atoms with E-state index in [0.29, 0.717) is 24.3 Å². The largest absolute Gasteiger partial charge is 0.481 e. The molecule has 6 heteroatoms. The van der Waals surface area contributed by atoms with Gasteiger partial charge < -0.3 is 20.4 Å². The fraction of sp³-hybridized carbons (Fsp3) is 0.429. The first-order valence-corrected chi connectivity index (χ1v) is 6.56. The van der Waals surface area contributed by atoms with E-state index in [1.54, 1.807) is 29.2 Å². The van der Waals surface area contributed by atoms with Gasteiger partial charge in [-0.25, -0.2) is 4.79 Å². The summed E-state index contributed by atoms with van der Waals surface area (Å²) in [6.07, 6.45) is 0.663. The molecule has 6 nitrogen and oxygen atoms in total. The summed E-state index contributed by atoms with van der Waals surface area (Å²) < 4.78 is 0. The summed E-state index contributed by atoms with van der Waals surface area (Å²) in [7, 11) is 0. The molecule has 1 aromatic carbocycles. The molecule has 1 aromatic rings. The van der Waals surface area contributed by atoms with Gasteiger partial charge >= 0.3 is 12.0 Å². The van der Waals surface area contributed by atoms with Gasteiger partial charge in [0.2, 0.25) is 0 Å². The summed E-state index contributed by atoms with van der Waals surface area (Å²) in [6.45, 7) is 1.22. The highest BCUT2D eigenvalue weighted by Crippen LogP contribution is 2.19. The Morgan fingerprint density at radius 1 is 1.35 bits per heavy atom. The smallest absolute Gasteiger partial charge is 0.321 e. The predicted octanol–water partition coefficient (Wildman–Crippen LogP) is 1.16. The molecule has 1 atom stereocenters. The van der Waals surface area contributed by atoms with Gasteiger partial charge in [0.25, 0.3) is 0 Å². The maximum absolute atomic E-state index is 12.1. The average Bonchev–Trinajstić information content (AvgIpc) is 2.89. The van der Waals surface area contributed by atoms with E-state index in [1.807, 2.05) is 0 Å². The Balaban J connectivity index is 2.03. The molecule has 3 N–H and O–H groups in total. The second-order valence-electron chi connectivity index (χ2n) is 4.94. The van der Waals surface area contributed by atoms with Crippen molar-refractivity contribution in [2.24, 2.45) is 5.92 Å².